The molecule has 9 nitrogen and oxygen atoms in total. The van der Waals surface area contributed by atoms with E-state index in [4.69, 9.17) is 14.2 Å². The molecule has 1 heterocycles. The van der Waals surface area contributed by atoms with Crippen molar-refractivity contribution < 1.29 is 28.9 Å². The lowest BCUT2D eigenvalue weighted by molar-refractivity contribution is -0.176. The van der Waals surface area contributed by atoms with Gasteiger partial charge in [0.25, 0.3) is 0 Å². The van der Waals surface area contributed by atoms with Gasteiger partial charge in [-0.25, -0.2) is 5.01 Å². The highest BCUT2D eigenvalue weighted by Crippen LogP contribution is 2.43. The van der Waals surface area contributed by atoms with E-state index in [2.05, 4.69) is 5.43 Å². The van der Waals surface area contributed by atoms with Gasteiger partial charge in [-0.3, -0.25) is 15.0 Å². The number of carbonyl (C=O) groups excluding carboxylic acids is 2. The SMILES string of the molecule is COCC1(COC)Oc2ccc(C#N)cc2[C@@H](N(NC(C)=O)C(C)=O)[C@@H]1O. The van der Waals surface area contributed by atoms with Gasteiger partial charge in [0, 0.05) is 33.6 Å². The summed E-state index contributed by atoms with van der Waals surface area (Å²) in [6.07, 6.45) is -1.31. The normalized spacial score (nSPS) is 20.0. The highest BCUT2D eigenvalue weighted by Gasteiger charge is 2.52. The number of benzene rings is 1. The fraction of sp³-hybridized carbons (Fsp3) is 0.500. The summed E-state index contributed by atoms with van der Waals surface area (Å²) in [6.45, 7) is 2.47. The van der Waals surface area contributed by atoms with Crippen LogP contribution < -0.4 is 10.2 Å². The first-order chi connectivity index (χ1) is 12.8. The van der Waals surface area contributed by atoms with Crippen LogP contribution in [0.25, 0.3) is 0 Å². The fourth-order valence-corrected chi connectivity index (χ4v) is 3.23. The van der Waals surface area contributed by atoms with Crippen LogP contribution in [0.3, 0.4) is 0 Å². The number of amides is 2. The van der Waals surface area contributed by atoms with Gasteiger partial charge in [0.2, 0.25) is 11.8 Å². The van der Waals surface area contributed by atoms with Crippen molar-refractivity contribution in [2.45, 2.75) is 31.6 Å². The zero-order valence-corrected chi connectivity index (χ0v) is 15.7. The van der Waals surface area contributed by atoms with Gasteiger partial charge in [0.1, 0.15) is 17.9 Å². The molecular formula is C18H23N3O6. The molecule has 0 radical (unpaired) electrons. The van der Waals surface area contributed by atoms with E-state index in [0.29, 0.717) is 16.9 Å². The molecule has 0 bridgehead atoms. The summed E-state index contributed by atoms with van der Waals surface area (Å²) in [5, 5.41) is 21.4. The third-order valence-corrected chi connectivity index (χ3v) is 4.28. The summed E-state index contributed by atoms with van der Waals surface area (Å²) in [6, 6.07) is 5.67. The Morgan fingerprint density at radius 2 is 1.96 bits per heavy atom. The molecule has 0 unspecified atom stereocenters. The maximum absolute atomic E-state index is 12.2. The Kier molecular flexibility index (Phi) is 6.38. The molecular weight excluding hydrogens is 354 g/mol. The smallest absolute Gasteiger partial charge is 0.238 e. The van der Waals surface area contributed by atoms with E-state index in [1.54, 1.807) is 12.1 Å². The number of rotatable bonds is 5. The van der Waals surface area contributed by atoms with Crippen molar-refractivity contribution in [2.75, 3.05) is 27.4 Å². The molecule has 0 spiro atoms. The van der Waals surface area contributed by atoms with Crippen molar-refractivity contribution in [1.29, 1.82) is 5.26 Å². The van der Waals surface area contributed by atoms with Crippen LogP contribution in [0.4, 0.5) is 0 Å². The van der Waals surface area contributed by atoms with E-state index >= 15 is 0 Å². The Bertz CT molecular complexity index is 754. The van der Waals surface area contributed by atoms with Crippen molar-refractivity contribution in [3.63, 3.8) is 0 Å². The molecule has 9 heteroatoms. The monoisotopic (exact) mass is 377 g/mol. The van der Waals surface area contributed by atoms with Crippen molar-refractivity contribution in [3.05, 3.63) is 29.3 Å². The van der Waals surface area contributed by atoms with Gasteiger partial charge < -0.3 is 19.3 Å². The number of hydrazine groups is 1. The molecule has 2 N–H and O–H groups in total. The largest absolute Gasteiger partial charge is 0.479 e. The molecule has 0 aliphatic carbocycles. The number of nitriles is 1. The number of methoxy groups -OCH3 is 2. The van der Waals surface area contributed by atoms with Crippen LogP contribution in [0.5, 0.6) is 5.75 Å². The van der Waals surface area contributed by atoms with Crippen LogP contribution >= 0.6 is 0 Å². The molecule has 1 aromatic carbocycles. The zero-order chi connectivity index (χ0) is 20.2. The standard InChI is InChI=1S/C18H23N3O6/c1-11(22)20-21(12(2)23)16-14-7-13(8-19)5-6-15(14)27-18(9-25-3,10-26-4)17(16)24/h5-7,16-17,24H,9-10H2,1-4H3,(H,20,22)/t16-,17+/m1/s1. The highest BCUT2D eigenvalue weighted by molar-refractivity contribution is 5.80. The van der Waals surface area contributed by atoms with Crippen molar-refractivity contribution in [3.8, 4) is 11.8 Å². The van der Waals surface area contributed by atoms with E-state index < -0.39 is 29.6 Å². The summed E-state index contributed by atoms with van der Waals surface area (Å²) in [7, 11) is 2.90. The lowest BCUT2D eigenvalue weighted by Crippen LogP contribution is -2.64. The quantitative estimate of drug-likeness (QED) is 0.707. The average Bonchev–Trinajstić information content (AvgIpc) is 2.61. The number of fused-ring (bicyclic) bond motifs is 1. The van der Waals surface area contributed by atoms with Crippen molar-refractivity contribution in [2.24, 2.45) is 0 Å². The number of ether oxygens (including phenoxy) is 3. The minimum absolute atomic E-state index is 0.0240. The third-order valence-electron chi connectivity index (χ3n) is 4.28. The number of aliphatic hydroxyl groups excluding tert-OH is 1. The Balaban J connectivity index is 2.67. The van der Waals surface area contributed by atoms with Crippen LogP contribution in [-0.4, -0.2) is 61.1 Å². The molecule has 1 aromatic rings. The first kappa shape index (κ1) is 20.6. The zero-order valence-electron chi connectivity index (χ0n) is 15.7. The van der Waals surface area contributed by atoms with E-state index in [0.717, 1.165) is 5.01 Å². The van der Waals surface area contributed by atoms with Gasteiger partial charge in [-0.15, -0.1) is 0 Å². The molecule has 1 aliphatic heterocycles. The topological polar surface area (TPSA) is 121 Å². The second-order valence-corrected chi connectivity index (χ2v) is 6.34. The van der Waals surface area contributed by atoms with Crippen LogP contribution in [0.2, 0.25) is 0 Å². The maximum Gasteiger partial charge on any atom is 0.238 e. The van der Waals surface area contributed by atoms with E-state index in [9.17, 15) is 20.0 Å². The van der Waals surface area contributed by atoms with Crippen molar-refractivity contribution in [1.82, 2.24) is 10.4 Å². The molecule has 0 fully saturated rings. The summed E-state index contributed by atoms with van der Waals surface area (Å²) in [5.74, 6) is -0.617. The second-order valence-electron chi connectivity index (χ2n) is 6.34. The highest BCUT2D eigenvalue weighted by atomic mass is 16.6. The molecule has 0 saturated carbocycles. The lowest BCUT2D eigenvalue weighted by atomic mass is 9.83. The first-order valence-electron chi connectivity index (χ1n) is 8.25. The third kappa shape index (κ3) is 4.03. The second kappa shape index (κ2) is 8.35. The minimum atomic E-state index is -1.32. The summed E-state index contributed by atoms with van der Waals surface area (Å²) < 4.78 is 16.5. The van der Waals surface area contributed by atoms with Gasteiger partial charge in [0.15, 0.2) is 5.60 Å². The summed E-state index contributed by atoms with van der Waals surface area (Å²) >= 11 is 0. The van der Waals surface area contributed by atoms with Crippen molar-refractivity contribution >= 4 is 11.8 Å². The van der Waals surface area contributed by atoms with E-state index in [1.165, 1.54) is 34.1 Å². The Labute approximate surface area is 157 Å². The molecule has 27 heavy (non-hydrogen) atoms. The Morgan fingerprint density at radius 3 is 2.44 bits per heavy atom. The number of carbonyl (C=O) groups is 2. The number of hydrogen-bond acceptors (Lipinski definition) is 7. The number of nitrogens with zero attached hydrogens (tertiary/aromatic N) is 2. The lowest BCUT2D eigenvalue weighted by Gasteiger charge is -2.48. The average molecular weight is 377 g/mol. The number of nitrogens with one attached hydrogen (secondary N) is 1. The number of aliphatic hydroxyl groups is 1. The first-order valence-corrected chi connectivity index (χ1v) is 8.25. The molecule has 1 aliphatic rings. The van der Waals surface area contributed by atoms with Gasteiger partial charge in [-0.1, -0.05) is 0 Å². The van der Waals surface area contributed by atoms with Crippen LogP contribution in [0, 0.1) is 11.3 Å². The predicted octanol–water partition coefficient (Wildman–Crippen LogP) is 0.284. The van der Waals surface area contributed by atoms with Gasteiger partial charge in [0.05, 0.1) is 24.8 Å². The Hall–Kier alpha value is -2.67. The van der Waals surface area contributed by atoms with E-state index in [1.807, 2.05) is 6.07 Å². The van der Waals surface area contributed by atoms with Gasteiger partial charge in [-0.05, 0) is 18.2 Å². The van der Waals surface area contributed by atoms with Crippen LogP contribution in [0.1, 0.15) is 31.0 Å². The molecule has 0 saturated heterocycles. The molecule has 146 valence electrons. The van der Waals surface area contributed by atoms with Gasteiger partial charge >= 0.3 is 0 Å². The number of hydrogen-bond donors (Lipinski definition) is 2. The summed E-state index contributed by atoms with van der Waals surface area (Å²) in [5.41, 5.74) is 1.85. The minimum Gasteiger partial charge on any atom is -0.479 e. The molecule has 2 rings (SSSR count). The van der Waals surface area contributed by atoms with E-state index in [-0.39, 0.29) is 13.2 Å². The molecule has 2 atom stereocenters. The molecule has 2 amide bonds. The Morgan fingerprint density at radius 1 is 1.33 bits per heavy atom. The van der Waals surface area contributed by atoms with Gasteiger partial charge in [-0.2, -0.15) is 5.26 Å². The summed E-state index contributed by atoms with van der Waals surface area (Å²) in [4.78, 5) is 23.9. The van der Waals surface area contributed by atoms with Crippen LogP contribution in [0.15, 0.2) is 18.2 Å². The molecule has 0 aromatic heterocycles. The fourth-order valence-electron chi connectivity index (χ4n) is 3.23. The predicted molar refractivity (Wildman–Crippen MR) is 93.4 cm³/mol. The maximum atomic E-state index is 12.2. The van der Waals surface area contributed by atoms with Crippen LogP contribution in [-0.2, 0) is 19.1 Å².